The Kier molecular flexibility index (Phi) is 4.62. The first-order valence-corrected chi connectivity index (χ1v) is 6.32. The highest BCUT2D eigenvalue weighted by Crippen LogP contribution is 2.20. The maximum absolute atomic E-state index is 12.0. The number of benzene rings is 1. The van der Waals surface area contributed by atoms with Crippen LogP contribution in [0, 0.1) is 0 Å². The molecule has 0 saturated carbocycles. The van der Waals surface area contributed by atoms with E-state index in [1.807, 2.05) is 0 Å². The smallest absolute Gasteiger partial charge is 0.387 e. The summed E-state index contributed by atoms with van der Waals surface area (Å²) >= 11 is 3.21. The van der Waals surface area contributed by atoms with Gasteiger partial charge in [0.25, 0.3) is 5.91 Å². The fourth-order valence-electron chi connectivity index (χ4n) is 1.46. The summed E-state index contributed by atoms with van der Waals surface area (Å²) in [5, 5.41) is 2.65. The summed E-state index contributed by atoms with van der Waals surface area (Å²) in [6, 6.07) is 8.77. The van der Waals surface area contributed by atoms with Crippen molar-refractivity contribution in [2.24, 2.45) is 0 Å². The predicted molar refractivity (Wildman–Crippen MR) is 73.0 cm³/mol. The Morgan fingerprint density at radius 3 is 2.55 bits per heavy atom. The lowest BCUT2D eigenvalue weighted by atomic mass is 10.2. The van der Waals surface area contributed by atoms with Gasteiger partial charge < -0.3 is 10.1 Å². The van der Waals surface area contributed by atoms with E-state index in [0.717, 1.165) is 0 Å². The summed E-state index contributed by atoms with van der Waals surface area (Å²) in [5.74, 6) is -0.374. The number of carbonyl (C=O) groups is 1. The van der Waals surface area contributed by atoms with E-state index in [0.29, 0.717) is 15.9 Å². The summed E-state index contributed by atoms with van der Waals surface area (Å²) in [5.41, 5.74) is 0.841. The number of nitrogens with one attached hydrogen (secondary N) is 1. The quantitative estimate of drug-likeness (QED) is 0.862. The third-order valence-electron chi connectivity index (χ3n) is 2.35. The number of anilines is 1. The highest BCUT2D eigenvalue weighted by molar-refractivity contribution is 9.10. The van der Waals surface area contributed by atoms with Gasteiger partial charge in [-0.2, -0.15) is 8.78 Å². The number of carbonyl (C=O) groups excluding carboxylic acids is 1. The second-order valence-electron chi connectivity index (χ2n) is 3.70. The van der Waals surface area contributed by atoms with Gasteiger partial charge in [-0.25, -0.2) is 4.98 Å². The monoisotopic (exact) mass is 342 g/mol. The fraction of sp³-hybridized carbons (Fsp3) is 0.0769. The zero-order chi connectivity index (χ0) is 14.5. The Morgan fingerprint density at radius 1 is 1.25 bits per heavy atom. The average molecular weight is 343 g/mol. The predicted octanol–water partition coefficient (Wildman–Crippen LogP) is 3.70. The van der Waals surface area contributed by atoms with Gasteiger partial charge in [0.1, 0.15) is 10.4 Å². The third kappa shape index (κ3) is 3.74. The first kappa shape index (κ1) is 14.4. The van der Waals surface area contributed by atoms with Crippen LogP contribution in [-0.4, -0.2) is 17.5 Å². The minimum absolute atomic E-state index is 0.000826. The van der Waals surface area contributed by atoms with E-state index in [1.165, 1.54) is 24.3 Å². The molecule has 1 N–H and O–H groups in total. The minimum Gasteiger partial charge on any atom is -0.435 e. The number of hydrogen-bond donors (Lipinski definition) is 1. The Bertz CT molecular complexity index is 606. The van der Waals surface area contributed by atoms with Crippen molar-refractivity contribution in [2.75, 3.05) is 5.32 Å². The molecule has 1 amide bonds. The average Bonchev–Trinajstić information content (AvgIpc) is 2.41. The highest BCUT2D eigenvalue weighted by atomic mass is 79.9. The van der Waals surface area contributed by atoms with Crippen LogP contribution in [0.2, 0.25) is 0 Å². The number of hydrogen-bond acceptors (Lipinski definition) is 3. The molecule has 0 fully saturated rings. The van der Waals surface area contributed by atoms with E-state index < -0.39 is 6.61 Å². The van der Waals surface area contributed by atoms with Gasteiger partial charge in [0.15, 0.2) is 0 Å². The lowest BCUT2D eigenvalue weighted by molar-refractivity contribution is -0.0498. The molecule has 2 aromatic rings. The highest BCUT2D eigenvalue weighted by Gasteiger charge is 2.10. The normalized spacial score (nSPS) is 10.4. The van der Waals surface area contributed by atoms with Crippen LogP contribution in [-0.2, 0) is 0 Å². The standard InChI is InChI=1S/C13H9BrF2N2O2/c14-11-10(2-1-7-17-11)18-12(19)8-3-5-9(6-4-8)20-13(15)16/h1-7,13H,(H,18,19). The molecule has 0 spiro atoms. The zero-order valence-corrected chi connectivity index (χ0v) is 11.6. The van der Waals surface area contributed by atoms with Crippen LogP contribution in [0.5, 0.6) is 5.75 Å². The molecule has 7 heteroatoms. The summed E-state index contributed by atoms with van der Waals surface area (Å²) < 4.78 is 28.7. The van der Waals surface area contributed by atoms with Crippen molar-refractivity contribution in [3.05, 3.63) is 52.8 Å². The molecule has 1 aromatic heterocycles. The van der Waals surface area contributed by atoms with Gasteiger partial charge in [0, 0.05) is 11.8 Å². The lowest BCUT2D eigenvalue weighted by Crippen LogP contribution is -2.12. The van der Waals surface area contributed by atoms with Crippen LogP contribution >= 0.6 is 15.9 Å². The van der Waals surface area contributed by atoms with Gasteiger partial charge in [0.05, 0.1) is 5.69 Å². The van der Waals surface area contributed by atoms with E-state index in [1.54, 1.807) is 18.3 Å². The van der Waals surface area contributed by atoms with Crippen molar-refractivity contribution in [2.45, 2.75) is 6.61 Å². The molecule has 0 unspecified atom stereocenters. The maximum atomic E-state index is 12.0. The summed E-state index contributed by atoms with van der Waals surface area (Å²) in [6.45, 7) is -2.89. The molecule has 4 nitrogen and oxygen atoms in total. The minimum atomic E-state index is -2.89. The number of amides is 1. The van der Waals surface area contributed by atoms with Crippen LogP contribution in [0.3, 0.4) is 0 Å². The Balaban J connectivity index is 2.08. The van der Waals surface area contributed by atoms with Gasteiger partial charge in [-0.3, -0.25) is 4.79 Å². The third-order valence-corrected chi connectivity index (χ3v) is 2.98. The molecule has 0 bridgehead atoms. The van der Waals surface area contributed by atoms with Crippen LogP contribution in [0.1, 0.15) is 10.4 Å². The number of nitrogens with zero attached hydrogens (tertiary/aromatic N) is 1. The first-order chi connectivity index (χ1) is 9.56. The van der Waals surface area contributed by atoms with E-state index in [9.17, 15) is 13.6 Å². The van der Waals surface area contributed by atoms with Crippen LogP contribution < -0.4 is 10.1 Å². The van der Waals surface area contributed by atoms with Crippen LogP contribution in [0.25, 0.3) is 0 Å². The molecular weight excluding hydrogens is 334 g/mol. The van der Waals surface area contributed by atoms with Crippen LogP contribution in [0.4, 0.5) is 14.5 Å². The van der Waals surface area contributed by atoms with E-state index >= 15 is 0 Å². The molecular formula is C13H9BrF2N2O2. The first-order valence-electron chi connectivity index (χ1n) is 5.53. The zero-order valence-electron chi connectivity index (χ0n) is 10.0. The van der Waals surface area contributed by atoms with Crippen molar-refractivity contribution < 1.29 is 18.3 Å². The second kappa shape index (κ2) is 6.42. The number of ether oxygens (including phenoxy) is 1. The van der Waals surface area contributed by atoms with Gasteiger partial charge in [-0.05, 0) is 52.3 Å². The van der Waals surface area contributed by atoms with E-state index in [-0.39, 0.29) is 11.7 Å². The van der Waals surface area contributed by atoms with Crippen molar-refractivity contribution in [1.29, 1.82) is 0 Å². The van der Waals surface area contributed by atoms with E-state index in [4.69, 9.17) is 0 Å². The topological polar surface area (TPSA) is 51.2 Å². The van der Waals surface area contributed by atoms with E-state index in [2.05, 4.69) is 31.0 Å². The van der Waals surface area contributed by atoms with Crippen LogP contribution in [0.15, 0.2) is 47.2 Å². The van der Waals surface area contributed by atoms with Gasteiger partial charge in [0.2, 0.25) is 0 Å². The lowest BCUT2D eigenvalue weighted by Gasteiger charge is -2.08. The number of pyridine rings is 1. The summed E-state index contributed by atoms with van der Waals surface area (Å²) in [7, 11) is 0. The summed E-state index contributed by atoms with van der Waals surface area (Å²) in [6.07, 6.45) is 1.58. The van der Waals surface area contributed by atoms with Gasteiger partial charge in [-0.1, -0.05) is 0 Å². The fourth-order valence-corrected chi connectivity index (χ4v) is 1.81. The molecule has 20 heavy (non-hydrogen) atoms. The molecule has 0 saturated heterocycles. The van der Waals surface area contributed by atoms with Crippen molar-refractivity contribution in [1.82, 2.24) is 4.98 Å². The number of halogens is 3. The molecule has 0 aliphatic carbocycles. The molecule has 1 heterocycles. The SMILES string of the molecule is O=C(Nc1cccnc1Br)c1ccc(OC(F)F)cc1. The maximum Gasteiger partial charge on any atom is 0.387 e. The Hall–Kier alpha value is -2.02. The molecule has 1 aromatic carbocycles. The second-order valence-corrected chi connectivity index (χ2v) is 4.45. The summed E-state index contributed by atoms with van der Waals surface area (Å²) in [4.78, 5) is 15.9. The van der Waals surface area contributed by atoms with Gasteiger partial charge >= 0.3 is 6.61 Å². The number of aromatic nitrogens is 1. The molecule has 104 valence electrons. The molecule has 0 aliphatic rings. The molecule has 0 aliphatic heterocycles. The van der Waals surface area contributed by atoms with Crippen molar-refractivity contribution >= 4 is 27.5 Å². The Morgan fingerprint density at radius 2 is 1.95 bits per heavy atom. The largest absolute Gasteiger partial charge is 0.435 e. The Labute approximate surface area is 121 Å². The molecule has 0 atom stereocenters. The molecule has 2 rings (SSSR count). The molecule has 0 radical (unpaired) electrons. The number of alkyl halides is 2. The van der Waals surface area contributed by atoms with Crippen molar-refractivity contribution in [3.63, 3.8) is 0 Å². The number of rotatable bonds is 4. The van der Waals surface area contributed by atoms with Crippen molar-refractivity contribution in [3.8, 4) is 5.75 Å². The van der Waals surface area contributed by atoms with Gasteiger partial charge in [-0.15, -0.1) is 0 Å².